The zero-order valence-electron chi connectivity index (χ0n) is 13.3. The predicted molar refractivity (Wildman–Crippen MR) is 86.1 cm³/mol. The van der Waals surface area contributed by atoms with E-state index in [0.29, 0.717) is 30.6 Å². The van der Waals surface area contributed by atoms with Gasteiger partial charge in [-0.25, -0.2) is 9.78 Å². The van der Waals surface area contributed by atoms with E-state index in [0.717, 1.165) is 0 Å². The molecule has 1 atom stereocenters. The lowest BCUT2D eigenvalue weighted by atomic mass is 10.2. The third kappa shape index (κ3) is 4.13. The number of carbonyl (C=O) groups excluding carboxylic acids is 1. The summed E-state index contributed by atoms with van der Waals surface area (Å²) in [6, 6.07) is 1.67. The lowest BCUT2D eigenvalue weighted by Crippen LogP contribution is -2.55. The summed E-state index contributed by atoms with van der Waals surface area (Å²) in [6.07, 6.45) is -0.292. The van der Waals surface area contributed by atoms with Gasteiger partial charge < -0.3 is 20.3 Å². The van der Waals surface area contributed by atoms with E-state index in [9.17, 15) is 4.79 Å². The van der Waals surface area contributed by atoms with Gasteiger partial charge in [-0.05, 0) is 27.7 Å². The largest absolute Gasteiger partial charge is 0.444 e. The Morgan fingerprint density at radius 3 is 2.64 bits per heavy atom. The van der Waals surface area contributed by atoms with Gasteiger partial charge in [-0.3, -0.25) is 0 Å². The Kier molecular flexibility index (Phi) is 4.65. The molecule has 2 N–H and O–H groups in total. The summed E-state index contributed by atoms with van der Waals surface area (Å²) < 4.78 is 5.43. The minimum Gasteiger partial charge on any atom is -0.444 e. The van der Waals surface area contributed by atoms with Gasteiger partial charge in [-0.2, -0.15) is 4.98 Å². The zero-order chi connectivity index (χ0) is 16.5. The molecule has 7 nitrogen and oxygen atoms in total. The summed E-state index contributed by atoms with van der Waals surface area (Å²) in [5.74, 6) is 0.818. The number of ether oxygens (including phenoxy) is 1. The monoisotopic (exact) mass is 327 g/mol. The molecule has 2 rings (SSSR count). The van der Waals surface area contributed by atoms with Crippen LogP contribution in [0.5, 0.6) is 0 Å². The molecule has 8 heteroatoms. The van der Waals surface area contributed by atoms with Crippen LogP contribution in [-0.4, -0.2) is 52.2 Å². The maximum Gasteiger partial charge on any atom is 0.410 e. The van der Waals surface area contributed by atoms with E-state index >= 15 is 0 Å². The van der Waals surface area contributed by atoms with Gasteiger partial charge in [0.1, 0.15) is 16.6 Å². The van der Waals surface area contributed by atoms with Crippen molar-refractivity contribution < 1.29 is 9.53 Å². The highest BCUT2D eigenvalue weighted by molar-refractivity contribution is 6.29. The van der Waals surface area contributed by atoms with Crippen LogP contribution >= 0.6 is 11.6 Å². The molecule has 0 bridgehead atoms. The first-order chi connectivity index (χ1) is 10.2. The molecule has 0 aliphatic carbocycles. The van der Waals surface area contributed by atoms with Crippen LogP contribution in [-0.2, 0) is 4.74 Å². The fraction of sp³-hybridized carbons (Fsp3) is 0.643. The third-order valence-electron chi connectivity index (χ3n) is 3.28. The summed E-state index contributed by atoms with van der Waals surface area (Å²) >= 11 is 5.92. The van der Waals surface area contributed by atoms with E-state index in [1.807, 2.05) is 32.6 Å². The highest BCUT2D eigenvalue weighted by atomic mass is 35.5. The number of halogens is 1. The number of hydrogen-bond acceptors (Lipinski definition) is 6. The van der Waals surface area contributed by atoms with Gasteiger partial charge in [0.15, 0.2) is 0 Å². The second-order valence-corrected chi connectivity index (χ2v) is 6.76. The molecular formula is C14H22ClN5O2. The van der Waals surface area contributed by atoms with Crippen LogP contribution < -0.4 is 10.6 Å². The Labute approximate surface area is 135 Å². The van der Waals surface area contributed by atoms with E-state index < -0.39 is 5.60 Å². The molecule has 122 valence electrons. The molecule has 1 aromatic heterocycles. The van der Waals surface area contributed by atoms with Gasteiger partial charge in [0.25, 0.3) is 0 Å². The first kappa shape index (κ1) is 16.6. The lowest BCUT2D eigenvalue weighted by Gasteiger charge is -2.40. The van der Waals surface area contributed by atoms with E-state index in [4.69, 9.17) is 22.1 Å². The fourth-order valence-electron chi connectivity index (χ4n) is 2.34. The number of nitrogens with zero attached hydrogens (tertiary/aromatic N) is 4. The van der Waals surface area contributed by atoms with Crippen molar-refractivity contribution in [1.82, 2.24) is 14.9 Å². The van der Waals surface area contributed by atoms with E-state index in [1.165, 1.54) is 0 Å². The third-order valence-corrected chi connectivity index (χ3v) is 3.47. The second kappa shape index (κ2) is 6.16. The minimum atomic E-state index is -0.497. The van der Waals surface area contributed by atoms with Crippen LogP contribution in [0.3, 0.4) is 0 Å². The molecule has 0 saturated carbocycles. The molecule has 0 unspecified atom stereocenters. The minimum absolute atomic E-state index is 0.00133. The van der Waals surface area contributed by atoms with Crippen LogP contribution in [0.2, 0.25) is 5.15 Å². The van der Waals surface area contributed by atoms with Gasteiger partial charge in [0, 0.05) is 31.7 Å². The molecule has 1 aromatic rings. The second-order valence-electron chi connectivity index (χ2n) is 6.38. The number of piperazine rings is 1. The summed E-state index contributed by atoms with van der Waals surface area (Å²) in [6.45, 7) is 9.37. The SMILES string of the molecule is C[C@@H]1CN(c2cc(Cl)nc(N)n2)CCN1C(=O)OC(C)(C)C. The summed E-state index contributed by atoms with van der Waals surface area (Å²) in [4.78, 5) is 24.0. The standard InChI is InChI=1S/C14H22ClN5O2/c1-9-8-19(11-7-10(15)17-12(16)18-11)5-6-20(9)13(21)22-14(2,3)4/h7,9H,5-6,8H2,1-4H3,(H2,16,17,18)/t9-/m1/s1. The van der Waals surface area contributed by atoms with Gasteiger partial charge in [-0.1, -0.05) is 11.6 Å². The van der Waals surface area contributed by atoms with Crippen molar-refractivity contribution in [3.05, 3.63) is 11.2 Å². The van der Waals surface area contributed by atoms with Gasteiger partial charge >= 0.3 is 6.09 Å². The number of amides is 1. The molecular weight excluding hydrogens is 306 g/mol. The number of rotatable bonds is 1. The van der Waals surface area contributed by atoms with Gasteiger partial charge in [-0.15, -0.1) is 0 Å². The van der Waals surface area contributed by atoms with Crippen LogP contribution in [0, 0.1) is 0 Å². The Hall–Kier alpha value is -1.76. The topological polar surface area (TPSA) is 84.6 Å². The van der Waals surface area contributed by atoms with Crippen LogP contribution in [0.1, 0.15) is 27.7 Å². The number of anilines is 2. The molecule has 0 radical (unpaired) electrons. The van der Waals surface area contributed by atoms with Crippen molar-refractivity contribution in [1.29, 1.82) is 0 Å². The molecule has 1 saturated heterocycles. The number of carbonyl (C=O) groups is 1. The predicted octanol–water partition coefficient (Wildman–Crippen LogP) is 2.16. The Morgan fingerprint density at radius 2 is 2.09 bits per heavy atom. The van der Waals surface area contributed by atoms with E-state index in [-0.39, 0.29) is 18.1 Å². The number of aromatic nitrogens is 2. The zero-order valence-corrected chi connectivity index (χ0v) is 14.1. The number of nitrogen functional groups attached to an aromatic ring is 1. The Bertz CT molecular complexity index is 540. The van der Waals surface area contributed by atoms with Crippen molar-refractivity contribution in [3.63, 3.8) is 0 Å². The van der Waals surface area contributed by atoms with Crippen molar-refractivity contribution in [2.24, 2.45) is 0 Å². The molecule has 1 fully saturated rings. The molecule has 1 aliphatic rings. The maximum absolute atomic E-state index is 12.2. The number of nitrogens with two attached hydrogens (primary N) is 1. The Balaban J connectivity index is 2.05. The van der Waals surface area contributed by atoms with Gasteiger partial charge in [0.05, 0.1) is 0 Å². The van der Waals surface area contributed by atoms with Crippen molar-refractivity contribution in [2.75, 3.05) is 30.3 Å². The molecule has 22 heavy (non-hydrogen) atoms. The van der Waals surface area contributed by atoms with Crippen molar-refractivity contribution >= 4 is 29.5 Å². The van der Waals surface area contributed by atoms with Crippen molar-refractivity contribution in [3.8, 4) is 0 Å². The van der Waals surface area contributed by atoms with Crippen LogP contribution in [0.4, 0.5) is 16.6 Å². The maximum atomic E-state index is 12.2. The average Bonchev–Trinajstić information content (AvgIpc) is 2.35. The van der Waals surface area contributed by atoms with E-state index in [2.05, 4.69) is 9.97 Å². The van der Waals surface area contributed by atoms with E-state index in [1.54, 1.807) is 11.0 Å². The van der Waals surface area contributed by atoms with Crippen molar-refractivity contribution in [2.45, 2.75) is 39.3 Å². The van der Waals surface area contributed by atoms with Crippen LogP contribution in [0.15, 0.2) is 6.07 Å². The van der Waals surface area contributed by atoms with Crippen LogP contribution in [0.25, 0.3) is 0 Å². The first-order valence-corrected chi connectivity index (χ1v) is 7.58. The molecule has 0 spiro atoms. The highest BCUT2D eigenvalue weighted by Gasteiger charge is 2.31. The average molecular weight is 328 g/mol. The normalized spacial score (nSPS) is 19.2. The summed E-state index contributed by atoms with van der Waals surface area (Å²) in [7, 11) is 0. The quantitative estimate of drug-likeness (QED) is 0.796. The molecule has 2 heterocycles. The fourth-order valence-corrected chi connectivity index (χ4v) is 2.53. The molecule has 0 aromatic carbocycles. The summed E-state index contributed by atoms with van der Waals surface area (Å²) in [5.41, 5.74) is 5.13. The summed E-state index contributed by atoms with van der Waals surface area (Å²) in [5, 5.41) is 0.310. The Morgan fingerprint density at radius 1 is 1.41 bits per heavy atom. The molecule has 1 amide bonds. The first-order valence-electron chi connectivity index (χ1n) is 7.20. The highest BCUT2D eigenvalue weighted by Crippen LogP contribution is 2.22. The number of hydrogen-bond donors (Lipinski definition) is 1. The molecule has 1 aliphatic heterocycles. The lowest BCUT2D eigenvalue weighted by molar-refractivity contribution is 0.0158. The van der Waals surface area contributed by atoms with Gasteiger partial charge in [0.2, 0.25) is 5.95 Å². The smallest absolute Gasteiger partial charge is 0.410 e.